The molecule has 0 radical (unpaired) electrons. The number of hydrogen-bond acceptors (Lipinski definition) is 2. The number of nitrogens with zero attached hydrogens (tertiary/aromatic N) is 3. The highest BCUT2D eigenvalue weighted by atomic mass is 15.0. The van der Waals surface area contributed by atoms with E-state index in [2.05, 4.69) is 173 Å². The number of para-hydroxylation sites is 2. The third-order valence-electron chi connectivity index (χ3n) is 11.4. The molecule has 0 fully saturated rings. The van der Waals surface area contributed by atoms with Gasteiger partial charge in [-0.2, -0.15) is 0 Å². The van der Waals surface area contributed by atoms with Gasteiger partial charge in [0.05, 0.1) is 11.0 Å². The van der Waals surface area contributed by atoms with Crippen LogP contribution in [0.5, 0.6) is 0 Å². The normalized spacial score (nSPS) is 14.0. The van der Waals surface area contributed by atoms with Crippen LogP contribution >= 0.6 is 0 Å². The van der Waals surface area contributed by atoms with E-state index in [0.717, 1.165) is 39.9 Å². The molecular formula is C57H43N5. The standard InChI is InChI=1S/C57H43N5/c58-56(41-17-4-1-5-18-41)61-57(42-19-6-2-7-20-42)59-39-40-16-12-21-43(34-40)46-24-14-26-49(36-46)60-50-27-15-25-47(37-50)44-22-13-23-45(35-44)48-32-33-55-53(38-48)52-30-10-11-31-54(52)62(55)51-28-8-3-9-29-51/h1-36,38-39,50,58,60H,37H2. The number of aromatic nitrogens is 1. The van der Waals surface area contributed by atoms with E-state index in [1.807, 2.05) is 72.9 Å². The zero-order valence-electron chi connectivity index (χ0n) is 34.1. The van der Waals surface area contributed by atoms with E-state index in [4.69, 9.17) is 10.4 Å². The molecular weight excluding hydrogens is 755 g/mol. The number of aliphatic imine (C=N–C) groups is 2. The third kappa shape index (κ3) is 8.08. The minimum absolute atomic E-state index is 0.137. The third-order valence-corrected chi connectivity index (χ3v) is 11.4. The lowest BCUT2D eigenvalue weighted by Gasteiger charge is -2.22. The molecule has 1 atom stereocenters. The molecule has 0 bridgehead atoms. The highest BCUT2D eigenvalue weighted by molar-refractivity contribution is 6.13. The summed E-state index contributed by atoms with van der Waals surface area (Å²) in [4.78, 5) is 9.44. The van der Waals surface area contributed by atoms with Crippen LogP contribution in [0.25, 0.3) is 55.3 Å². The molecule has 1 heterocycles. The molecule has 1 aromatic heterocycles. The van der Waals surface area contributed by atoms with Gasteiger partial charge in [0.2, 0.25) is 0 Å². The molecule has 1 aliphatic rings. The van der Waals surface area contributed by atoms with Gasteiger partial charge in [-0.1, -0.05) is 170 Å². The minimum atomic E-state index is 0.137. The van der Waals surface area contributed by atoms with E-state index in [0.29, 0.717) is 5.84 Å². The largest absolute Gasteiger partial charge is 0.378 e. The monoisotopic (exact) mass is 797 g/mol. The van der Waals surface area contributed by atoms with Crippen LogP contribution in [0.1, 0.15) is 28.7 Å². The summed E-state index contributed by atoms with van der Waals surface area (Å²) in [6, 6.07) is 71.6. The lowest BCUT2D eigenvalue weighted by atomic mass is 9.91. The second kappa shape index (κ2) is 17.2. The Morgan fingerprint density at radius 1 is 0.548 bits per heavy atom. The first-order valence-corrected chi connectivity index (χ1v) is 21.0. The molecule has 62 heavy (non-hydrogen) atoms. The van der Waals surface area contributed by atoms with Crippen LogP contribution in [0.4, 0.5) is 5.69 Å². The van der Waals surface area contributed by atoms with Crippen molar-refractivity contribution in [3.8, 4) is 27.9 Å². The van der Waals surface area contributed by atoms with Gasteiger partial charge in [0.1, 0.15) is 0 Å². The molecule has 9 aromatic rings. The van der Waals surface area contributed by atoms with Crippen molar-refractivity contribution >= 4 is 51.0 Å². The summed E-state index contributed by atoms with van der Waals surface area (Å²) in [5.74, 6) is 0.656. The fourth-order valence-electron chi connectivity index (χ4n) is 8.36. The van der Waals surface area contributed by atoms with Crippen molar-refractivity contribution in [1.82, 2.24) is 4.57 Å². The van der Waals surface area contributed by atoms with Crippen LogP contribution in [0.2, 0.25) is 0 Å². The summed E-state index contributed by atoms with van der Waals surface area (Å²) in [5.41, 5.74) is 14.3. The minimum Gasteiger partial charge on any atom is -0.378 e. The van der Waals surface area contributed by atoms with E-state index in [1.54, 1.807) is 0 Å². The van der Waals surface area contributed by atoms with Crippen LogP contribution in [0, 0.1) is 5.41 Å². The zero-order chi connectivity index (χ0) is 41.7. The number of benzene rings is 8. The summed E-state index contributed by atoms with van der Waals surface area (Å²) >= 11 is 0. The van der Waals surface area contributed by atoms with Crippen LogP contribution in [0.3, 0.4) is 0 Å². The van der Waals surface area contributed by atoms with Gasteiger partial charge < -0.3 is 9.88 Å². The van der Waals surface area contributed by atoms with Gasteiger partial charge in [-0.15, -0.1) is 0 Å². The highest BCUT2D eigenvalue weighted by Gasteiger charge is 2.16. The first kappa shape index (κ1) is 38.1. The summed E-state index contributed by atoms with van der Waals surface area (Å²) in [7, 11) is 0. The fraction of sp³-hybridized carbons (Fsp3) is 0.0351. The van der Waals surface area contributed by atoms with Gasteiger partial charge in [0, 0.05) is 45.5 Å². The predicted molar refractivity (Wildman–Crippen MR) is 261 cm³/mol. The van der Waals surface area contributed by atoms with Crippen molar-refractivity contribution in [1.29, 1.82) is 5.41 Å². The first-order chi connectivity index (χ1) is 30.6. The van der Waals surface area contributed by atoms with Gasteiger partial charge in [-0.05, 0) is 100.0 Å². The smallest absolute Gasteiger partial charge is 0.161 e. The van der Waals surface area contributed by atoms with Gasteiger partial charge >= 0.3 is 0 Å². The van der Waals surface area contributed by atoms with E-state index in [1.165, 1.54) is 49.8 Å². The van der Waals surface area contributed by atoms with Crippen molar-refractivity contribution in [2.45, 2.75) is 12.5 Å². The molecule has 10 rings (SSSR count). The van der Waals surface area contributed by atoms with Crippen LogP contribution in [0.15, 0.2) is 234 Å². The molecule has 0 amide bonds. The number of amidine groups is 2. The number of nitrogens with one attached hydrogen (secondary N) is 2. The first-order valence-electron chi connectivity index (χ1n) is 21.0. The lowest BCUT2D eigenvalue weighted by molar-refractivity contribution is 0.897. The topological polar surface area (TPSA) is 65.5 Å². The fourth-order valence-corrected chi connectivity index (χ4v) is 8.36. The molecule has 2 N–H and O–H groups in total. The second-order valence-corrected chi connectivity index (χ2v) is 15.5. The van der Waals surface area contributed by atoms with Crippen molar-refractivity contribution in [3.63, 3.8) is 0 Å². The van der Waals surface area contributed by atoms with Crippen molar-refractivity contribution in [2.75, 3.05) is 5.32 Å². The SMILES string of the molecule is N=C(N=C(N=Cc1cccc(-c2cccc(NC3C=CC=C(c4cccc(-c5ccc6c(c5)c5ccccc5n6-c5ccccc5)c4)C3)c2)c1)c1ccccc1)c1ccccc1. The number of hydrogen-bond donors (Lipinski definition) is 2. The van der Waals surface area contributed by atoms with Gasteiger partial charge in [-0.3, -0.25) is 5.41 Å². The second-order valence-electron chi connectivity index (χ2n) is 15.5. The molecule has 5 heteroatoms. The summed E-state index contributed by atoms with van der Waals surface area (Å²) < 4.78 is 2.36. The van der Waals surface area contributed by atoms with Crippen LogP contribution < -0.4 is 5.32 Å². The Hall–Kier alpha value is -8.15. The molecule has 1 unspecified atom stereocenters. The summed E-state index contributed by atoms with van der Waals surface area (Å²) in [6.45, 7) is 0. The Balaban J connectivity index is 0.856. The maximum atomic E-state index is 8.64. The maximum Gasteiger partial charge on any atom is 0.161 e. The summed E-state index contributed by atoms with van der Waals surface area (Å²) in [6.07, 6.45) is 9.36. The Labute approximate surface area is 361 Å². The zero-order valence-corrected chi connectivity index (χ0v) is 34.1. The average Bonchev–Trinajstić information content (AvgIpc) is 3.67. The maximum absolute atomic E-state index is 8.64. The van der Waals surface area contributed by atoms with Crippen LogP contribution in [-0.4, -0.2) is 28.5 Å². The van der Waals surface area contributed by atoms with Crippen molar-refractivity contribution in [3.05, 3.63) is 247 Å². The Morgan fingerprint density at radius 3 is 1.98 bits per heavy atom. The summed E-state index contributed by atoms with van der Waals surface area (Å²) in [5, 5.41) is 14.9. The predicted octanol–water partition coefficient (Wildman–Crippen LogP) is 13.8. The van der Waals surface area contributed by atoms with Gasteiger partial charge in [0.15, 0.2) is 11.7 Å². The van der Waals surface area contributed by atoms with Crippen LogP contribution in [-0.2, 0) is 0 Å². The Kier molecular flexibility index (Phi) is 10.6. The lowest BCUT2D eigenvalue weighted by Crippen LogP contribution is -2.19. The number of allylic oxidation sites excluding steroid dienone is 2. The Bertz CT molecular complexity index is 3190. The number of rotatable bonds is 9. The molecule has 5 nitrogen and oxygen atoms in total. The van der Waals surface area contributed by atoms with E-state index in [9.17, 15) is 0 Å². The van der Waals surface area contributed by atoms with Gasteiger partial charge in [0.25, 0.3) is 0 Å². The molecule has 296 valence electrons. The quantitative estimate of drug-likeness (QED) is 0.111. The van der Waals surface area contributed by atoms with E-state index in [-0.39, 0.29) is 11.9 Å². The highest BCUT2D eigenvalue weighted by Crippen LogP contribution is 2.36. The molecule has 0 spiro atoms. The molecule has 0 saturated carbocycles. The molecule has 1 aliphatic carbocycles. The van der Waals surface area contributed by atoms with E-state index >= 15 is 0 Å². The van der Waals surface area contributed by atoms with E-state index < -0.39 is 0 Å². The Morgan fingerprint density at radius 2 is 1.18 bits per heavy atom. The molecule has 8 aromatic carbocycles. The molecule has 0 saturated heterocycles. The van der Waals surface area contributed by atoms with Gasteiger partial charge in [-0.25, -0.2) is 9.98 Å². The van der Waals surface area contributed by atoms with Crippen molar-refractivity contribution < 1.29 is 0 Å². The molecule has 0 aliphatic heterocycles. The number of fused-ring (bicyclic) bond motifs is 3. The van der Waals surface area contributed by atoms with Crippen molar-refractivity contribution in [2.24, 2.45) is 9.98 Å². The number of anilines is 1. The average molecular weight is 798 g/mol.